The highest BCUT2D eigenvalue weighted by molar-refractivity contribution is 14.0. The van der Waals surface area contributed by atoms with Crippen LogP contribution in [0, 0.1) is 0 Å². The molecule has 0 heterocycles. The minimum atomic E-state index is -0.730. The van der Waals surface area contributed by atoms with Gasteiger partial charge in [-0.15, -0.1) is 24.0 Å². The smallest absolute Gasteiger partial charge is 0.191 e. The van der Waals surface area contributed by atoms with Gasteiger partial charge in [-0.05, 0) is 44.4 Å². The van der Waals surface area contributed by atoms with Gasteiger partial charge in [-0.3, -0.25) is 4.99 Å². The van der Waals surface area contributed by atoms with Gasteiger partial charge in [-0.2, -0.15) is 0 Å². The van der Waals surface area contributed by atoms with E-state index in [0.29, 0.717) is 25.3 Å². The quantitative estimate of drug-likeness (QED) is 0.331. The second kappa shape index (κ2) is 11.1. The van der Waals surface area contributed by atoms with Crippen LogP contribution in [0.3, 0.4) is 0 Å². The molecule has 1 aromatic carbocycles. The summed E-state index contributed by atoms with van der Waals surface area (Å²) < 4.78 is 0. The highest BCUT2D eigenvalue weighted by atomic mass is 127. The van der Waals surface area contributed by atoms with Crippen molar-refractivity contribution in [1.82, 2.24) is 10.6 Å². The third kappa shape index (κ3) is 7.72. The molecule has 132 valence electrons. The predicted octanol–water partition coefficient (Wildman–Crippen LogP) is 4.13. The van der Waals surface area contributed by atoms with Crippen LogP contribution in [0.1, 0.15) is 52.1 Å². The monoisotopic (exact) mass is 453 g/mol. The van der Waals surface area contributed by atoms with Crippen molar-refractivity contribution in [3.05, 3.63) is 34.9 Å². The van der Waals surface area contributed by atoms with Gasteiger partial charge >= 0.3 is 0 Å². The van der Waals surface area contributed by atoms with Crippen LogP contribution in [-0.2, 0) is 0 Å². The second-order valence-corrected chi connectivity index (χ2v) is 5.98. The summed E-state index contributed by atoms with van der Waals surface area (Å²) in [5.41, 5.74) is 0.405. The second-order valence-electron chi connectivity index (χ2n) is 5.54. The molecule has 0 aliphatic heterocycles. The van der Waals surface area contributed by atoms with Crippen LogP contribution >= 0.6 is 35.6 Å². The molecule has 1 atom stereocenters. The van der Waals surface area contributed by atoms with Gasteiger partial charge in [-0.25, -0.2) is 0 Å². The summed E-state index contributed by atoms with van der Waals surface area (Å²) in [5, 5.41) is 17.7. The maximum Gasteiger partial charge on any atom is 0.191 e. The largest absolute Gasteiger partial charge is 0.388 e. The zero-order valence-corrected chi connectivity index (χ0v) is 17.5. The van der Waals surface area contributed by atoms with E-state index in [9.17, 15) is 5.11 Å². The molecule has 0 saturated carbocycles. The number of hydrogen-bond acceptors (Lipinski definition) is 2. The Kier molecular flexibility index (Phi) is 10.8. The molecule has 0 amide bonds. The summed E-state index contributed by atoms with van der Waals surface area (Å²) in [4.78, 5) is 4.53. The van der Waals surface area contributed by atoms with Crippen molar-refractivity contribution in [2.24, 2.45) is 4.99 Å². The minimum Gasteiger partial charge on any atom is -0.388 e. The number of aliphatic imine (C=N–C) groups is 1. The fourth-order valence-electron chi connectivity index (χ4n) is 2.06. The van der Waals surface area contributed by atoms with Gasteiger partial charge < -0.3 is 15.7 Å². The first-order valence-electron chi connectivity index (χ1n) is 7.96. The molecule has 4 nitrogen and oxygen atoms in total. The molecule has 0 aliphatic rings. The van der Waals surface area contributed by atoms with Crippen molar-refractivity contribution in [2.75, 3.05) is 13.1 Å². The summed E-state index contributed by atoms with van der Waals surface area (Å²) in [5.74, 6) is 0.713. The lowest BCUT2D eigenvalue weighted by atomic mass is 9.98. The summed E-state index contributed by atoms with van der Waals surface area (Å²) in [7, 11) is 0. The summed E-state index contributed by atoms with van der Waals surface area (Å²) in [6.45, 7) is 9.22. The van der Waals surface area contributed by atoms with Gasteiger partial charge in [-0.1, -0.05) is 37.6 Å². The normalized spacial score (nSPS) is 13.2. The molecule has 1 unspecified atom stereocenters. The van der Waals surface area contributed by atoms with E-state index in [4.69, 9.17) is 11.6 Å². The SMILES string of the molecule is CCNC(=NCC(O)(CC)CC)NC(C)c1ccc(Cl)cc1.I. The molecule has 1 rings (SSSR count). The first kappa shape index (κ1) is 22.5. The zero-order valence-electron chi connectivity index (χ0n) is 14.4. The lowest BCUT2D eigenvalue weighted by Crippen LogP contribution is -2.40. The van der Waals surface area contributed by atoms with Crippen LogP contribution < -0.4 is 10.6 Å². The van der Waals surface area contributed by atoms with Gasteiger partial charge in [0.1, 0.15) is 0 Å². The molecular formula is C17H29ClIN3O. The fourth-order valence-corrected chi connectivity index (χ4v) is 2.19. The van der Waals surface area contributed by atoms with E-state index in [-0.39, 0.29) is 30.0 Å². The summed E-state index contributed by atoms with van der Waals surface area (Å²) in [6.07, 6.45) is 1.39. The van der Waals surface area contributed by atoms with E-state index in [0.717, 1.165) is 17.1 Å². The number of benzene rings is 1. The van der Waals surface area contributed by atoms with Crippen molar-refractivity contribution in [1.29, 1.82) is 0 Å². The van der Waals surface area contributed by atoms with Crippen LogP contribution in [0.2, 0.25) is 5.02 Å². The molecule has 0 aliphatic carbocycles. The van der Waals surface area contributed by atoms with Crippen molar-refractivity contribution >= 4 is 41.5 Å². The van der Waals surface area contributed by atoms with E-state index in [1.54, 1.807) is 0 Å². The molecule has 0 radical (unpaired) electrons. The standard InChI is InChI=1S/C17H28ClN3O.HI/c1-5-17(22,6-2)12-20-16(19-7-3)21-13(4)14-8-10-15(18)11-9-14;/h8-11,13,22H,5-7,12H2,1-4H3,(H2,19,20,21);1H. The third-order valence-corrected chi connectivity index (χ3v) is 4.17. The van der Waals surface area contributed by atoms with Crippen LogP contribution in [-0.4, -0.2) is 29.8 Å². The Labute approximate surface area is 162 Å². The number of nitrogens with one attached hydrogen (secondary N) is 2. The van der Waals surface area contributed by atoms with Crippen molar-refractivity contribution in [3.63, 3.8) is 0 Å². The Morgan fingerprint density at radius 1 is 1.22 bits per heavy atom. The van der Waals surface area contributed by atoms with Gasteiger partial charge in [0.2, 0.25) is 0 Å². The minimum absolute atomic E-state index is 0. The molecule has 0 fully saturated rings. The molecule has 0 spiro atoms. The van der Waals surface area contributed by atoms with Crippen molar-refractivity contribution in [2.45, 2.75) is 52.2 Å². The molecule has 0 saturated heterocycles. The number of halogens is 2. The first-order valence-corrected chi connectivity index (χ1v) is 8.34. The Hall–Kier alpha value is -0.530. The number of guanidine groups is 1. The number of rotatable bonds is 7. The summed E-state index contributed by atoms with van der Waals surface area (Å²) >= 11 is 5.92. The number of hydrogen-bond donors (Lipinski definition) is 3. The average Bonchev–Trinajstić information content (AvgIpc) is 2.53. The lowest BCUT2D eigenvalue weighted by molar-refractivity contribution is 0.0418. The fraction of sp³-hybridized carbons (Fsp3) is 0.588. The Morgan fingerprint density at radius 3 is 2.26 bits per heavy atom. The molecule has 0 aromatic heterocycles. The molecule has 23 heavy (non-hydrogen) atoms. The van der Waals surface area contributed by atoms with Crippen LogP contribution in [0.15, 0.2) is 29.3 Å². The van der Waals surface area contributed by atoms with E-state index in [1.165, 1.54) is 0 Å². The van der Waals surface area contributed by atoms with Crippen molar-refractivity contribution in [3.8, 4) is 0 Å². The molecule has 0 bridgehead atoms. The van der Waals surface area contributed by atoms with Crippen LogP contribution in [0.5, 0.6) is 0 Å². The van der Waals surface area contributed by atoms with Crippen LogP contribution in [0.4, 0.5) is 0 Å². The predicted molar refractivity (Wildman–Crippen MR) is 110 cm³/mol. The topological polar surface area (TPSA) is 56.7 Å². The Morgan fingerprint density at radius 2 is 1.78 bits per heavy atom. The highest BCUT2D eigenvalue weighted by Gasteiger charge is 2.21. The van der Waals surface area contributed by atoms with Gasteiger partial charge in [0.25, 0.3) is 0 Å². The zero-order chi connectivity index (χ0) is 16.6. The Balaban J connectivity index is 0.00000484. The van der Waals surface area contributed by atoms with E-state index >= 15 is 0 Å². The molecule has 3 N–H and O–H groups in total. The van der Waals surface area contributed by atoms with Crippen LogP contribution in [0.25, 0.3) is 0 Å². The van der Waals surface area contributed by atoms with E-state index < -0.39 is 5.60 Å². The summed E-state index contributed by atoms with van der Waals surface area (Å²) in [6, 6.07) is 7.86. The van der Waals surface area contributed by atoms with Crippen molar-refractivity contribution < 1.29 is 5.11 Å². The number of aliphatic hydroxyl groups is 1. The molecule has 6 heteroatoms. The molecular weight excluding hydrogens is 425 g/mol. The van der Waals surface area contributed by atoms with Gasteiger partial charge in [0.05, 0.1) is 18.2 Å². The highest BCUT2D eigenvalue weighted by Crippen LogP contribution is 2.17. The Bertz CT molecular complexity index is 475. The lowest BCUT2D eigenvalue weighted by Gasteiger charge is -2.24. The molecule has 1 aromatic rings. The number of nitrogens with zero attached hydrogens (tertiary/aromatic N) is 1. The average molecular weight is 454 g/mol. The first-order chi connectivity index (χ1) is 10.4. The maximum absolute atomic E-state index is 10.4. The van der Waals surface area contributed by atoms with Gasteiger partial charge in [0, 0.05) is 11.6 Å². The van der Waals surface area contributed by atoms with Gasteiger partial charge in [0.15, 0.2) is 5.96 Å². The van der Waals surface area contributed by atoms with E-state index in [2.05, 4.69) is 22.5 Å². The van der Waals surface area contributed by atoms with E-state index in [1.807, 2.05) is 45.0 Å². The third-order valence-electron chi connectivity index (χ3n) is 3.92. The maximum atomic E-state index is 10.4.